The average molecular weight is 477 g/mol. The first-order chi connectivity index (χ1) is 15.1. The first kappa shape index (κ1) is 22.3. The zero-order valence-electron chi connectivity index (χ0n) is 17.4. The molecule has 1 aromatic carbocycles. The summed E-state index contributed by atoms with van der Waals surface area (Å²) in [6.45, 7) is 1.56. The molecule has 1 saturated carbocycles. The summed E-state index contributed by atoms with van der Waals surface area (Å²) in [4.78, 5) is 32.7. The molecule has 2 heterocycles. The van der Waals surface area contributed by atoms with Crippen LogP contribution in [0.4, 0.5) is 4.39 Å². The number of rotatable bonds is 7. The number of halogens is 1. The highest BCUT2D eigenvalue weighted by Crippen LogP contribution is 2.35. The molecule has 1 unspecified atom stereocenters. The summed E-state index contributed by atoms with van der Waals surface area (Å²) in [6.07, 6.45) is 4.21. The zero-order chi connectivity index (χ0) is 23.0. The zero-order valence-corrected chi connectivity index (χ0v) is 19.0. The number of carbonyl (C=O) groups is 2. The van der Waals surface area contributed by atoms with Crippen LogP contribution in [0.2, 0.25) is 0 Å². The third kappa shape index (κ3) is 4.94. The summed E-state index contributed by atoms with van der Waals surface area (Å²) in [5.74, 6) is -1.73. The van der Waals surface area contributed by atoms with Crippen LogP contribution < -0.4 is 10.6 Å². The van der Waals surface area contributed by atoms with E-state index < -0.39 is 26.9 Å². The van der Waals surface area contributed by atoms with Crippen LogP contribution in [0, 0.1) is 12.9 Å². The molecule has 1 aliphatic rings. The number of hydrogen-bond acceptors (Lipinski definition) is 7. The van der Waals surface area contributed by atoms with Crippen molar-refractivity contribution in [3.05, 3.63) is 47.0 Å². The Hall–Kier alpha value is -2.92. The van der Waals surface area contributed by atoms with Gasteiger partial charge in [0.05, 0.1) is 16.8 Å². The third-order valence-electron chi connectivity index (χ3n) is 5.05. The van der Waals surface area contributed by atoms with Gasteiger partial charge < -0.3 is 10.6 Å². The summed E-state index contributed by atoms with van der Waals surface area (Å²) in [7, 11) is -3.85. The van der Waals surface area contributed by atoms with E-state index >= 15 is 0 Å². The van der Waals surface area contributed by atoms with Gasteiger partial charge in [-0.05, 0) is 55.2 Å². The monoisotopic (exact) mass is 476 g/mol. The molecule has 1 fully saturated rings. The molecule has 2 amide bonds. The highest BCUT2D eigenvalue weighted by atomic mass is 32.2. The number of nitrogens with one attached hydrogen (secondary N) is 2. The van der Waals surface area contributed by atoms with Crippen LogP contribution in [-0.2, 0) is 19.4 Å². The molecule has 168 valence electrons. The van der Waals surface area contributed by atoms with Crippen LogP contribution in [0.3, 0.4) is 0 Å². The largest absolute Gasteiger partial charge is 0.352 e. The number of sulfone groups is 1. The Morgan fingerprint density at radius 2 is 2.03 bits per heavy atom. The van der Waals surface area contributed by atoms with E-state index in [1.54, 1.807) is 12.1 Å². The number of aryl methyl sites for hydroxylation is 1. The average Bonchev–Trinajstić information content (AvgIpc) is 3.43. The Bertz CT molecular complexity index is 1300. The Balaban J connectivity index is 1.63. The maximum atomic E-state index is 13.2. The second kappa shape index (κ2) is 8.55. The predicted octanol–water partition coefficient (Wildman–Crippen LogP) is 2.29. The molecule has 0 saturated heterocycles. The van der Waals surface area contributed by atoms with E-state index in [1.807, 2.05) is 13.0 Å². The smallest absolute Gasteiger partial charge is 0.245 e. The number of amides is 2. The van der Waals surface area contributed by atoms with E-state index in [0.29, 0.717) is 15.8 Å². The van der Waals surface area contributed by atoms with Crippen molar-refractivity contribution >= 4 is 43.2 Å². The van der Waals surface area contributed by atoms with E-state index in [1.165, 1.54) is 12.3 Å². The molecule has 1 atom stereocenters. The van der Waals surface area contributed by atoms with E-state index in [2.05, 4.69) is 20.6 Å². The van der Waals surface area contributed by atoms with Crippen molar-refractivity contribution in [1.82, 2.24) is 20.6 Å². The number of pyridine rings is 1. The lowest BCUT2D eigenvalue weighted by molar-refractivity contribution is -0.126. The first-order valence-corrected chi connectivity index (χ1v) is 12.7. The van der Waals surface area contributed by atoms with Gasteiger partial charge >= 0.3 is 0 Å². The number of nitrogens with zero attached hydrogens (tertiary/aromatic N) is 2. The van der Waals surface area contributed by atoms with Gasteiger partial charge in [-0.1, -0.05) is 0 Å². The van der Waals surface area contributed by atoms with Crippen LogP contribution in [0.25, 0.3) is 21.3 Å². The Morgan fingerprint density at radius 1 is 1.28 bits per heavy atom. The van der Waals surface area contributed by atoms with Crippen LogP contribution in [0.15, 0.2) is 30.5 Å². The van der Waals surface area contributed by atoms with Gasteiger partial charge in [0.25, 0.3) is 0 Å². The molecule has 3 aromatic rings. The molecule has 0 spiro atoms. The summed E-state index contributed by atoms with van der Waals surface area (Å²) in [5.41, 5.74) is 2.91. The van der Waals surface area contributed by atoms with Crippen molar-refractivity contribution in [2.75, 3.05) is 12.8 Å². The highest BCUT2D eigenvalue weighted by molar-refractivity contribution is 7.91. The van der Waals surface area contributed by atoms with Crippen molar-refractivity contribution in [3.8, 4) is 11.1 Å². The van der Waals surface area contributed by atoms with Gasteiger partial charge in [0, 0.05) is 24.1 Å². The molecule has 2 aromatic heterocycles. The van der Waals surface area contributed by atoms with Gasteiger partial charge in [-0.25, -0.2) is 18.4 Å². The maximum Gasteiger partial charge on any atom is 0.245 e. The van der Waals surface area contributed by atoms with E-state index in [0.717, 1.165) is 41.6 Å². The van der Waals surface area contributed by atoms with Crippen LogP contribution >= 0.6 is 11.3 Å². The lowest BCUT2D eigenvalue weighted by atomic mass is 10.0. The van der Waals surface area contributed by atoms with Gasteiger partial charge in [0.2, 0.25) is 17.8 Å². The number of carbonyl (C=O) groups excluding carboxylic acids is 2. The number of aromatic nitrogens is 2. The predicted molar refractivity (Wildman–Crippen MR) is 119 cm³/mol. The van der Waals surface area contributed by atoms with Crippen molar-refractivity contribution < 1.29 is 22.4 Å². The molecule has 0 bridgehead atoms. The number of hydrogen-bond donors (Lipinski definition) is 2. The second-order valence-electron chi connectivity index (χ2n) is 7.83. The van der Waals surface area contributed by atoms with Gasteiger partial charge in [0.15, 0.2) is 15.1 Å². The highest BCUT2D eigenvalue weighted by Gasteiger charge is 2.34. The summed E-state index contributed by atoms with van der Waals surface area (Å²) >= 11 is 1.09. The minimum absolute atomic E-state index is 0.122. The Morgan fingerprint density at radius 3 is 2.66 bits per heavy atom. The standard InChI is InChI=1S/C21H21FN4O4S2/c1-11-7-15-16(8-14(11)12-3-6-17(22)23-9-12)31-21(26-15)19(32(2,29)30)20(28)24-10-18(27)25-13-4-5-13/h3,6-9,13,19H,4-5,10H2,1-2H3,(H,24,28)(H,25,27). The lowest BCUT2D eigenvalue weighted by Crippen LogP contribution is -2.41. The Labute approximate surface area is 188 Å². The van der Waals surface area contributed by atoms with Crippen molar-refractivity contribution in [2.24, 2.45) is 0 Å². The molecule has 0 radical (unpaired) electrons. The van der Waals surface area contributed by atoms with Crippen LogP contribution in [0.5, 0.6) is 0 Å². The normalized spacial score (nSPS) is 14.8. The minimum Gasteiger partial charge on any atom is -0.352 e. The lowest BCUT2D eigenvalue weighted by Gasteiger charge is -2.12. The van der Waals surface area contributed by atoms with Gasteiger partial charge in [0.1, 0.15) is 5.01 Å². The molecule has 4 rings (SSSR count). The first-order valence-electron chi connectivity index (χ1n) is 9.91. The quantitative estimate of drug-likeness (QED) is 0.505. The summed E-state index contributed by atoms with van der Waals surface area (Å²) in [5, 5.41) is 3.74. The minimum atomic E-state index is -3.85. The van der Waals surface area contributed by atoms with Crippen molar-refractivity contribution in [1.29, 1.82) is 0 Å². The van der Waals surface area contributed by atoms with Crippen molar-refractivity contribution in [3.63, 3.8) is 0 Å². The molecule has 8 nitrogen and oxygen atoms in total. The van der Waals surface area contributed by atoms with E-state index in [4.69, 9.17) is 0 Å². The molecule has 11 heteroatoms. The van der Waals surface area contributed by atoms with Gasteiger partial charge in [-0.15, -0.1) is 11.3 Å². The molecule has 32 heavy (non-hydrogen) atoms. The fourth-order valence-electron chi connectivity index (χ4n) is 3.31. The fraction of sp³-hybridized carbons (Fsp3) is 0.333. The maximum absolute atomic E-state index is 13.2. The number of thiazole rings is 1. The topological polar surface area (TPSA) is 118 Å². The summed E-state index contributed by atoms with van der Waals surface area (Å²) < 4.78 is 38.7. The molecular formula is C21H21FN4O4S2. The van der Waals surface area contributed by atoms with Crippen LogP contribution in [0.1, 0.15) is 28.7 Å². The van der Waals surface area contributed by atoms with Crippen LogP contribution in [-0.4, -0.2) is 49.0 Å². The SMILES string of the molecule is Cc1cc2nc(C(C(=O)NCC(=O)NC3CC3)S(C)(=O)=O)sc2cc1-c1ccc(F)nc1. The summed E-state index contributed by atoms with van der Waals surface area (Å²) in [6, 6.07) is 6.62. The second-order valence-corrected chi connectivity index (χ2v) is 11.0. The van der Waals surface area contributed by atoms with Gasteiger partial charge in [-0.2, -0.15) is 4.39 Å². The van der Waals surface area contributed by atoms with Crippen molar-refractivity contribution in [2.45, 2.75) is 31.1 Å². The molecule has 0 aliphatic heterocycles. The molecular weight excluding hydrogens is 455 g/mol. The van der Waals surface area contributed by atoms with E-state index in [-0.39, 0.29) is 23.5 Å². The molecule has 2 N–H and O–H groups in total. The third-order valence-corrected chi connectivity index (χ3v) is 7.57. The van der Waals surface area contributed by atoms with E-state index in [9.17, 15) is 22.4 Å². The number of benzene rings is 1. The fourth-order valence-corrected chi connectivity index (χ4v) is 5.84. The van der Waals surface area contributed by atoms with Gasteiger partial charge in [-0.3, -0.25) is 9.59 Å². The molecule has 1 aliphatic carbocycles. The number of fused-ring (bicyclic) bond motifs is 1. The Kier molecular flexibility index (Phi) is 5.95.